The smallest absolute Gasteiger partial charge is 0.191 e. The fourth-order valence-electron chi connectivity index (χ4n) is 2.11. The monoisotopic (exact) mass is 420 g/mol. The molecule has 0 spiro atoms. The minimum absolute atomic E-state index is 0.191. The van der Waals surface area contributed by atoms with Crippen LogP contribution in [0.2, 0.25) is 18.1 Å². The molecule has 1 rings (SSSR count). The average Bonchev–Trinajstić information content (AvgIpc) is 2.71. The van der Waals surface area contributed by atoms with Crippen molar-refractivity contribution in [3.63, 3.8) is 0 Å². The van der Waals surface area contributed by atoms with Gasteiger partial charge in [-0.15, -0.1) is 0 Å². The summed E-state index contributed by atoms with van der Waals surface area (Å²) in [6.07, 6.45) is 0.996. The van der Waals surface area contributed by atoms with Crippen molar-refractivity contribution >= 4 is 24.2 Å². The van der Waals surface area contributed by atoms with E-state index in [1.807, 2.05) is 11.7 Å². The molecular formula is C17H33BrN2O3Si. The van der Waals surface area contributed by atoms with Crippen molar-refractivity contribution in [2.45, 2.75) is 71.4 Å². The SMILES string of the molecule is CCc1c(Br)c(COCC(O)CCO[Si](C)(C)C(C)(C)C)nn1C. The third kappa shape index (κ3) is 5.95. The molecule has 5 nitrogen and oxygen atoms in total. The molecule has 0 saturated heterocycles. The number of ether oxygens (including phenoxy) is 1. The number of hydrogen-bond acceptors (Lipinski definition) is 4. The van der Waals surface area contributed by atoms with Crippen LogP contribution in [0.1, 0.15) is 45.5 Å². The molecule has 0 aliphatic heterocycles. The molecule has 140 valence electrons. The van der Waals surface area contributed by atoms with E-state index in [-0.39, 0.29) is 5.04 Å². The summed E-state index contributed by atoms with van der Waals surface area (Å²) in [5.74, 6) is 0. The Kier molecular flexibility index (Phi) is 8.13. The van der Waals surface area contributed by atoms with E-state index >= 15 is 0 Å². The van der Waals surface area contributed by atoms with Crippen molar-refractivity contribution in [3.8, 4) is 0 Å². The number of aromatic nitrogens is 2. The first-order chi connectivity index (χ1) is 11.0. The van der Waals surface area contributed by atoms with Gasteiger partial charge in [0.05, 0.1) is 29.5 Å². The lowest BCUT2D eigenvalue weighted by molar-refractivity contribution is 0.0163. The molecule has 7 heteroatoms. The Balaban J connectivity index is 2.34. The zero-order valence-corrected chi connectivity index (χ0v) is 18.7. The van der Waals surface area contributed by atoms with Gasteiger partial charge in [0.1, 0.15) is 5.69 Å². The summed E-state index contributed by atoms with van der Waals surface area (Å²) in [4.78, 5) is 0. The quantitative estimate of drug-likeness (QED) is 0.612. The molecule has 1 aromatic heterocycles. The van der Waals surface area contributed by atoms with E-state index in [9.17, 15) is 5.11 Å². The van der Waals surface area contributed by atoms with E-state index in [4.69, 9.17) is 9.16 Å². The van der Waals surface area contributed by atoms with Crippen LogP contribution in [0, 0.1) is 0 Å². The highest BCUT2D eigenvalue weighted by Crippen LogP contribution is 2.36. The summed E-state index contributed by atoms with van der Waals surface area (Å²) in [6, 6.07) is 0. The molecule has 24 heavy (non-hydrogen) atoms. The molecule has 0 amide bonds. The molecule has 0 bridgehead atoms. The van der Waals surface area contributed by atoms with Gasteiger partial charge in [-0.05, 0) is 46.9 Å². The van der Waals surface area contributed by atoms with Gasteiger partial charge in [-0.1, -0.05) is 27.7 Å². The molecule has 0 saturated carbocycles. The highest BCUT2D eigenvalue weighted by Gasteiger charge is 2.36. The minimum atomic E-state index is -1.74. The highest BCUT2D eigenvalue weighted by atomic mass is 79.9. The molecule has 0 radical (unpaired) electrons. The van der Waals surface area contributed by atoms with E-state index in [0.29, 0.717) is 26.2 Å². The van der Waals surface area contributed by atoms with Crippen molar-refractivity contribution in [1.82, 2.24) is 9.78 Å². The first kappa shape index (κ1) is 21.8. The van der Waals surface area contributed by atoms with E-state index in [1.54, 1.807) is 0 Å². The predicted molar refractivity (Wildman–Crippen MR) is 104 cm³/mol. The molecule has 1 aromatic rings. The minimum Gasteiger partial charge on any atom is -0.417 e. The molecule has 1 unspecified atom stereocenters. The molecular weight excluding hydrogens is 388 g/mol. The molecule has 0 aliphatic carbocycles. The zero-order chi connectivity index (χ0) is 18.5. The van der Waals surface area contributed by atoms with Crippen LogP contribution < -0.4 is 0 Å². The Hall–Kier alpha value is -0.213. The summed E-state index contributed by atoms with van der Waals surface area (Å²) < 4.78 is 14.6. The lowest BCUT2D eigenvalue weighted by Gasteiger charge is -2.36. The second kappa shape index (κ2) is 8.94. The van der Waals surface area contributed by atoms with Crippen LogP contribution in [0.5, 0.6) is 0 Å². The third-order valence-corrected chi connectivity index (χ3v) is 10.2. The van der Waals surface area contributed by atoms with Gasteiger partial charge in [-0.3, -0.25) is 4.68 Å². The van der Waals surface area contributed by atoms with Gasteiger partial charge < -0.3 is 14.3 Å². The Morgan fingerprint density at radius 1 is 1.33 bits per heavy atom. The van der Waals surface area contributed by atoms with E-state index in [0.717, 1.165) is 22.3 Å². The average molecular weight is 421 g/mol. The Morgan fingerprint density at radius 3 is 2.46 bits per heavy atom. The number of aliphatic hydroxyl groups excluding tert-OH is 1. The summed E-state index contributed by atoms with van der Waals surface area (Å²) in [7, 11) is 0.189. The standard InChI is InChI=1S/C17H33BrN2O3Si/c1-8-15-16(18)14(19-20(15)5)12-22-11-13(21)9-10-23-24(6,7)17(2,3)4/h13,21H,8-12H2,1-7H3. The summed E-state index contributed by atoms with van der Waals surface area (Å²) in [5.41, 5.74) is 2.02. The van der Waals surface area contributed by atoms with Crippen molar-refractivity contribution in [2.24, 2.45) is 7.05 Å². The zero-order valence-electron chi connectivity index (χ0n) is 16.1. The predicted octanol–water partition coefficient (Wildman–Crippen LogP) is 4.03. The maximum atomic E-state index is 10.1. The second-order valence-corrected chi connectivity index (χ2v) is 13.4. The molecule has 1 heterocycles. The fraction of sp³-hybridized carbons (Fsp3) is 0.824. The maximum absolute atomic E-state index is 10.1. The lowest BCUT2D eigenvalue weighted by atomic mass is 10.2. The third-order valence-electron chi connectivity index (χ3n) is 4.77. The van der Waals surface area contributed by atoms with Crippen LogP contribution in [0.4, 0.5) is 0 Å². The Morgan fingerprint density at radius 2 is 1.96 bits per heavy atom. The number of halogens is 1. The van der Waals surface area contributed by atoms with Crippen molar-refractivity contribution in [1.29, 1.82) is 0 Å². The number of aliphatic hydroxyl groups is 1. The number of aryl methyl sites for hydroxylation is 1. The van der Waals surface area contributed by atoms with E-state index in [1.165, 1.54) is 0 Å². The highest BCUT2D eigenvalue weighted by molar-refractivity contribution is 9.10. The van der Waals surface area contributed by atoms with Crippen LogP contribution in [0.15, 0.2) is 4.47 Å². The van der Waals surface area contributed by atoms with Crippen LogP contribution in [-0.4, -0.2) is 42.5 Å². The first-order valence-electron chi connectivity index (χ1n) is 8.59. The molecule has 1 N–H and O–H groups in total. The van der Waals surface area contributed by atoms with Crippen LogP contribution in [-0.2, 0) is 29.2 Å². The van der Waals surface area contributed by atoms with Gasteiger partial charge >= 0.3 is 0 Å². The Bertz CT molecular complexity index is 527. The topological polar surface area (TPSA) is 56.5 Å². The lowest BCUT2D eigenvalue weighted by Crippen LogP contribution is -2.41. The van der Waals surface area contributed by atoms with Crippen molar-refractivity contribution in [3.05, 3.63) is 15.9 Å². The van der Waals surface area contributed by atoms with Crippen molar-refractivity contribution < 1.29 is 14.3 Å². The summed E-state index contributed by atoms with van der Waals surface area (Å²) >= 11 is 3.57. The molecule has 0 aliphatic rings. The van der Waals surface area contributed by atoms with Crippen molar-refractivity contribution in [2.75, 3.05) is 13.2 Å². The van der Waals surface area contributed by atoms with Crippen LogP contribution in [0.25, 0.3) is 0 Å². The normalized spacial score (nSPS) is 14.2. The number of hydrogen-bond donors (Lipinski definition) is 1. The van der Waals surface area contributed by atoms with Gasteiger partial charge in [0.25, 0.3) is 0 Å². The van der Waals surface area contributed by atoms with Gasteiger partial charge in [-0.2, -0.15) is 5.10 Å². The van der Waals surface area contributed by atoms with Gasteiger partial charge in [-0.25, -0.2) is 0 Å². The van der Waals surface area contributed by atoms with Gasteiger partial charge in [0.15, 0.2) is 8.32 Å². The maximum Gasteiger partial charge on any atom is 0.191 e. The summed E-state index contributed by atoms with van der Waals surface area (Å²) in [6.45, 7) is 14.5. The summed E-state index contributed by atoms with van der Waals surface area (Å²) in [5, 5.41) is 14.7. The first-order valence-corrected chi connectivity index (χ1v) is 12.3. The fourth-order valence-corrected chi connectivity index (χ4v) is 3.90. The molecule has 0 aromatic carbocycles. The largest absolute Gasteiger partial charge is 0.417 e. The Labute approximate surface area is 156 Å². The number of nitrogens with zero attached hydrogens (tertiary/aromatic N) is 2. The second-order valence-electron chi connectivity index (χ2n) is 7.75. The van der Waals surface area contributed by atoms with Gasteiger partial charge in [0.2, 0.25) is 0 Å². The van der Waals surface area contributed by atoms with Crippen LogP contribution in [0.3, 0.4) is 0 Å². The number of rotatable bonds is 9. The van der Waals surface area contributed by atoms with Crippen LogP contribution >= 0.6 is 15.9 Å². The van der Waals surface area contributed by atoms with Gasteiger partial charge in [0, 0.05) is 13.7 Å². The van der Waals surface area contributed by atoms with E-state index in [2.05, 4.69) is 61.8 Å². The molecule has 1 atom stereocenters. The van der Waals surface area contributed by atoms with E-state index < -0.39 is 14.4 Å². The molecule has 0 fully saturated rings.